The van der Waals surface area contributed by atoms with Crippen LogP contribution in [0.5, 0.6) is 5.88 Å². The number of nitrogens with two attached hydrogens (primary N) is 1. The summed E-state index contributed by atoms with van der Waals surface area (Å²) in [6.07, 6.45) is -3.44. The Labute approximate surface area is 195 Å². The zero-order valence-electron chi connectivity index (χ0n) is 18.0. The summed E-state index contributed by atoms with van der Waals surface area (Å²) in [4.78, 5) is 24.1. The fraction of sp³-hybridized carbons (Fsp3) is 0.429. The maximum atomic E-state index is 15.0. The van der Waals surface area contributed by atoms with E-state index in [1.807, 2.05) is 0 Å². The van der Waals surface area contributed by atoms with Crippen LogP contribution in [0.2, 0.25) is 0 Å². The van der Waals surface area contributed by atoms with Gasteiger partial charge in [-0.3, -0.25) is 4.79 Å². The molecule has 14 heteroatoms. The molecular weight excluding hydrogens is 481 g/mol. The third-order valence-electron chi connectivity index (χ3n) is 5.84. The van der Waals surface area contributed by atoms with Crippen LogP contribution < -0.4 is 15.8 Å². The summed E-state index contributed by atoms with van der Waals surface area (Å²) < 4.78 is 83.2. The molecule has 4 atom stereocenters. The van der Waals surface area contributed by atoms with E-state index in [1.165, 1.54) is 12.1 Å². The molecule has 4 rings (SSSR count). The normalized spacial score (nSPS) is 25.9. The Morgan fingerprint density at radius 1 is 1.29 bits per heavy atom. The number of rotatable bonds is 7. The minimum atomic E-state index is -2.80. The van der Waals surface area contributed by atoms with E-state index in [9.17, 15) is 26.7 Å². The molecule has 2 aliphatic rings. The molecule has 1 fully saturated rings. The van der Waals surface area contributed by atoms with Crippen molar-refractivity contribution in [1.29, 1.82) is 0 Å². The molecule has 35 heavy (non-hydrogen) atoms. The van der Waals surface area contributed by atoms with Crippen LogP contribution in [-0.4, -0.2) is 60.7 Å². The van der Waals surface area contributed by atoms with Crippen LogP contribution >= 0.6 is 0 Å². The highest BCUT2D eigenvalue weighted by Gasteiger charge is 2.54. The van der Waals surface area contributed by atoms with Gasteiger partial charge in [0.1, 0.15) is 35.9 Å². The zero-order valence-corrected chi connectivity index (χ0v) is 18.0. The first-order valence-corrected chi connectivity index (χ1v) is 10.4. The second kappa shape index (κ2) is 9.98. The van der Waals surface area contributed by atoms with Crippen molar-refractivity contribution >= 4 is 17.6 Å². The highest BCUT2D eigenvalue weighted by molar-refractivity contribution is 6.02. The van der Waals surface area contributed by atoms with E-state index in [2.05, 4.69) is 25.0 Å². The third-order valence-corrected chi connectivity index (χ3v) is 5.84. The van der Waals surface area contributed by atoms with Crippen molar-refractivity contribution in [2.24, 2.45) is 16.6 Å². The number of carbonyl (C=O) groups excluding carboxylic acids is 1. The standard InChI is InChI=1S/C21H20F5N5O4/c22-8-21(12-7-33-16(18(25)26)4-15(12)35-20(27)31-21)11-3-10(1-2-13(11)24)30-19(32)14-5-29-17(6-28-14)34-9-23/h1-3,5-6,12,15-16,18H,4,7-9H2,(H2,27,31)(H,30,32)/t12-,15+,16-,21+/m0/s1. The van der Waals surface area contributed by atoms with E-state index in [4.69, 9.17) is 15.2 Å². The minimum absolute atomic E-state index is 0.0594. The number of amidine groups is 1. The molecule has 2 aromatic rings. The van der Waals surface area contributed by atoms with Crippen LogP contribution in [0.1, 0.15) is 22.5 Å². The summed E-state index contributed by atoms with van der Waals surface area (Å²) in [5, 5.41) is 2.48. The Hall–Kier alpha value is -3.55. The van der Waals surface area contributed by atoms with Gasteiger partial charge in [-0.05, 0) is 18.2 Å². The zero-order chi connectivity index (χ0) is 25.2. The Balaban J connectivity index is 1.63. The fourth-order valence-corrected chi connectivity index (χ4v) is 4.16. The lowest BCUT2D eigenvalue weighted by Crippen LogP contribution is -2.56. The molecule has 3 N–H and O–H groups in total. The van der Waals surface area contributed by atoms with Gasteiger partial charge < -0.3 is 25.3 Å². The molecule has 2 aliphatic heterocycles. The van der Waals surface area contributed by atoms with Crippen molar-refractivity contribution < 1.29 is 41.0 Å². The molecule has 188 valence electrons. The fourth-order valence-electron chi connectivity index (χ4n) is 4.16. The summed E-state index contributed by atoms with van der Waals surface area (Å²) in [6, 6.07) is 2.91. The Bertz CT molecular complexity index is 1110. The number of fused-ring (bicyclic) bond motifs is 1. The lowest BCUT2D eigenvalue weighted by molar-refractivity contribution is -0.155. The quantitative estimate of drug-likeness (QED) is 0.560. The van der Waals surface area contributed by atoms with E-state index in [0.29, 0.717) is 0 Å². The number of alkyl halides is 4. The highest BCUT2D eigenvalue weighted by atomic mass is 19.3. The van der Waals surface area contributed by atoms with Gasteiger partial charge in [-0.15, -0.1) is 0 Å². The summed E-state index contributed by atoms with van der Waals surface area (Å²) >= 11 is 0. The topological polar surface area (TPSA) is 121 Å². The number of hydrogen-bond donors (Lipinski definition) is 2. The van der Waals surface area contributed by atoms with Crippen molar-refractivity contribution in [1.82, 2.24) is 9.97 Å². The van der Waals surface area contributed by atoms with E-state index in [1.54, 1.807) is 0 Å². The monoisotopic (exact) mass is 501 g/mol. The maximum Gasteiger partial charge on any atom is 0.283 e. The Morgan fingerprint density at radius 3 is 2.74 bits per heavy atom. The van der Waals surface area contributed by atoms with Crippen molar-refractivity contribution in [3.05, 3.63) is 47.7 Å². The molecule has 9 nitrogen and oxygen atoms in total. The number of aromatic nitrogens is 2. The van der Waals surface area contributed by atoms with Crippen molar-refractivity contribution in [2.75, 3.05) is 25.5 Å². The number of benzene rings is 1. The average Bonchev–Trinajstić information content (AvgIpc) is 2.84. The highest BCUT2D eigenvalue weighted by Crippen LogP contribution is 2.46. The molecule has 0 aliphatic carbocycles. The van der Waals surface area contributed by atoms with Gasteiger partial charge in [0, 0.05) is 17.7 Å². The van der Waals surface area contributed by atoms with Gasteiger partial charge in [0.05, 0.1) is 24.9 Å². The van der Waals surface area contributed by atoms with Gasteiger partial charge in [0.15, 0.2) is 0 Å². The first-order chi connectivity index (χ1) is 16.8. The average molecular weight is 501 g/mol. The number of hydrogen-bond acceptors (Lipinski definition) is 8. The molecule has 0 radical (unpaired) electrons. The molecule has 1 aromatic carbocycles. The Morgan fingerprint density at radius 2 is 2.09 bits per heavy atom. The lowest BCUT2D eigenvalue weighted by atomic mass is 9.73. The maximum absolute atomic E-state index is 15.0. The lowest BCUT2D eigenvalue weighted by Gasteiger charge is -2.47. The van der Waals surface area contributed by atoms with E-state index >= 15 is 0 Å². The predicted octanol–water partition coefficient (Wildman–Crippen LogP) is 2.72. The number of ether oxygens (including phenoxy) is 3. The molecule has 1 aromatic heterocycles. The summed E-state index contributed by atoms with van der Waals surface area (Å²) in [6.45, 7) is -2.74. The summed E-state index contributed by atoms with van der Waals surface area (Å²) in [7, 11) is 0. The minimum Gasteiger partial charge on any atom is -0.462 e. The first kappa shape index (κ1) is 24.6. The molecule has 1 amide bonds. The number of aliphatic imine (C=N–C) groups is 1. The van der Waals surface area contributed by atoms with Gasteiger partial charge in [-0.2, -0.15) is 0 Å². The number of nitrogens with one attached hydrogen (secondary N) is 1. The molecule has 0 spiro atoms. The van der Waals surface area contributed by atoms with Crippen LogP contribution in [0.4, 0.5) is 27.6 Å². The summed E-state index contributed by atoms with van der Waals surface area (Å²) in [5.41, 5.74) is 3.42. The number of amides is 1. The largest absolute Gasteiger partial charge is 0.462 e. The van der Waals surface area contributed by atoms with Crippen molar-refractivity contribution in [2.45, 2.75) is 30.6 Å². The van der Waals surface area contributed by atoms with E-state index in [0.717, 1.165) is 18.5 Å². The SMILES string of the molecule is NC1=N[C@](CF)(c2cc(NC(=O)c3cnc(OCF)cn3)ccc2F)[C@H]2CO[C@H](C(F)F)C[C@H]2O1. The van der Waals surface area contributed by atoms with Gasteiger partial charge in [-0.1, -0.05) is 0 Å². The number of nitrogens with zero attached hydrogens (tertiary/aromatic N) is 3. The number of anilines is 1. The third kappa shape index (κ3) is 4.83. The van der Waals surface area contributed by atoms with E-state index < -0.39 is 61.4 Å². The van der Waals surface area contributed by atoms with Crippen LogP contribution in [0.3, 0.4) is 0 Å². The molecule has 0 saturated carbocycles. The van der Waals surface area contributed by atoms with Crippen LogP contribution in [-0.2, 0) is 15.0 Å². The summed E-state index contributed by atoms with van der Waals surface area (Å²) in [5.74, 6) is -2.71. The van der Waals surface area contributed by atoms with Gasteiger partial charge in [0.2, 0.25) is 12.7 Å². The van der Waals surface area contributed by atoms with E-state index in [-0.39, 0.29) is 35.9 Å². The van der Waals surface area contributed by atoms with Gasteiger partial charge in [-0.25, -0.2) is 36.9 Å². The number of halogens is 5. The van der Waals surface area contributed by atoms with Crippen molar-refractivity contribution in [3.8, 4) is 5.88 Å². The predicted molar refractivity (Wildman–Crippen MR) is 111 cm³/mol. The second-order valence-corrected chi connectivity index (χ2v) is 7.85. The molecular formula is C21H20F5N5O4. The second-order valence-electron chi connectivity index (χ2n) is 7.85. The van der Waals surface area contributed by atoms with Crippen LogP contribution in [0.15, 0.2) is 35.6 Å². The number of carbonyl (C=O) groups is 1. The van der Waals surface area contributed by atoms with Gasteiger partial charge >= 0.3 is 0 Å². The molecule has 0 unspecified atom stereocenters. The van der Waals surface area contributed by atoms with Crippen LogP contribution in [0.25, 0.3) is 0 Å². The van der Waals surface area contributed by atoms with Gasteiger partial charge in [0.25, 0.3) is 18.4 Å². The van der Waals surface area contributed by atoms with Crippen molar-refractivity contribution in [3.63, 3.8) is 0 Å². The van der Waals surface area contributed by atoms with Crippen LogP contribution in [0, 0.1) is 11.7 Å². The smallest absolute Gasteiger partial charge is 0.283 e. The molecule has 0 bridgehead atoms. The molecule has 1 saturated heterocycles. The molecule has 3 heterocycles. The first-order valence-electron chi connectivity index (χ1n) is 10.4. The Kier molecular flexibility index (Phi) is 7.00.